The van der Waals surface area contributed by atoms with E-state index < -0.39 is 5.91 Å². The summed E-state index contributed by atoms with van der Waals surface area (Å²) in [4.78, 5) is 34.2. The molecule has 118 valence electrons. The number of nitrogens with zero attached hydrogens (tertiary/aromatic N) is 3. The third-order valence-corrected chi connectivity index (χ3v) is 4.12. The maximum absolute atomic E-state index is 12.5. The molecule has 1 aromatic carbocycles. The van der Waals surface area contributed by atoms with Gasteiger partial charge in [0.2, 0.25) is 0 Å². The number of rotatable bonds is 3. The second-order valence-corrected chi connectivity index (χ2v) is 5.69. The summed E-state index contributed by atoms with van der Waals surface area (Å²) in [6.45, 7) is 3.01. The largest absolute Gasteiger partial charge is 0.365 e. The highest BCUT2D eigenvalue weighted by Gasteiger charge is 2.30. The number of hydrogen-bond donors (Lipinski definition) is 1. The molecule has 1 fully saturated rings. The van der Waals surface area contributed by atoms with Crippen molar-refractivity contribution in [1.29, 1.82) is 0 Å². The lowest BCUT2D eigenvalue weighted by atomic mass is 10.1. The summed E-state index contributed by atoms with van der Waals surface area (Å²) < 4.78 is 0. The first-order valence-electron chi connectivity index (χ1n) is 7.54. The summed E-state index contributed by atoms with van der Waals surface area (Å²) in [5.74, 6) is 0.249. The Morgan fingerprint density at radius 3 is 2.65 bits per heavy atom. The number of carbonyl (C=O) groups excluding carboxylic acids is 2. The molecule has 2 heterocycles. The van der Waals surface area contributed by atoms with Gasteiger partial charge in [-0.15, -0.1) is 0 Å². The highest BCUT2D eigenvalue weighted by Crippen LogP contribution is 2.26. The summed E-state index contributed by atoms with van der Waals surface area (Å²) in [6.07, 6.45) is 2.29. The smallest absolute Gasteiger partial charge is 0.253 e. The highest BCUT2D eigenvalue weighted by atomic mass is 16.2. The lowest BCUT2D eigenvalue weighted by molar-refractivity contribution is 0.0790. The van der Waals surface area contributed by atoms with Crippen molar-refractivity contribution < 1.29 is 9.59 Å². The number of amides is 2. The van der Waals surface area contributed by atoms with Gasteiger partial charge in [-0.05, 0) is 25.5 Å². The van der Waals surface area contributed by atoms with E-state index in [4.69, 9.17) is 5.73 Å². The predicted octanol–water partition coefficient (Wildman–Crippen LogP) is 1.51. The highest BCUT2D eigenvalue weighted by molar-refractivity contribution is 5.94. The summed E-state index contributed by atoms with van der Waals surface area (Å²) in [5, 5.41) is 0. The van der Waals surface area contributed by atoms with Crippen LogP contribution >= 0.6 is 0 Å². The number of benzene rings is 1. The maximum Gasteiger partial charge on any atom is 0.253 e. The van der Waals surface area contributed by atoms with Crippen molar-refractivity contribution in [2.45, 2.75) is 19.3 Å². The molecule has 6 heteroatoms. The van der Waals surface area contributed by atoms with Gasteiger partial charge in [0, 0.05) is 30.8 Å². The fourth-order valence-electron chi connectivity index (χ4n) is 2.84. The molecule has 2 amide bonds. The molecule has 0 unspecified atom stereocenters. The molecule has 3 rings (SSSR count). The van der Waals surface area contributed by atoms with Gasteiger partial charge in [-0.3, -0.25) is 9.59 Å². The van der Waals surface area contributed by atoms with Gasteiger partial charge in [0.1, 0.15) is 5.82 Å². The van der Waals surface area contributed by atoms with Crippen LogP contribution in [0.5, 0.6) is 0 Å². The molecular formula is C17H18N4O2. The molecular weight excluding hydrogens is 292 g/mol. The second-order valence-electron chi connectivity index (χ2n) is 5.69. The number of aromatic nitrogens is 2. The number of carbonyl (C=O) groups is 2. The Bertz CT molecular complexity index is 746. The van der Waals surface area contributed by atoms with Gasteiger partial charge < -0.3 is 10.6 Å². The zero-order valence-electron chi connectivity index (χ0n) is 12.9. The van der Waals surface area contributed by atoms with E-state index in [1.54, 1.807) is 6.92 Å². The number of aryl methyl sites for hydroxylation is 1. The summed E-state index contributed by atoms with van der Waals surface area (Å²) in [7, 11) is 0. The third kappa shape index (κ3) is 3.06. The molecule has 1 aliphatic rings. The Labute approximate surface area is 134 Å². The Balaban J connectivity index is 1.74. The normalized spacial score (nSPS) is 17.3. The van der Waals surface area contributed by atoms with Crippen molar-refractivity contribution in [1.82, 2.24) is 14.9 Å². The lowest BCUT2D eigenvalue weighted by Gasteiger charge is -2.16. The molecule has 1 saturated heterocycles. The van der Waals surface area contributed by atoms with Crippen LogP contribution in [0.3, 0.4) is 0 Å². The van der Waals surface area contributed by atoms with Gasteiger partial charge in [0.15, 0.2) is 0 Å². The second kappa shape index (κ2) is 6.16. The molecule has 1 aromatic heterocycles. The van der Waals surface area contributed by atoms with Crippen LogP contribution in [-0.4, -0.2) is 39.8 Å². The van der Waals surface area contributed by atoms with E-state index in [2.05, 4.69) is 9.97 Å². The average molecular weight is 310 g/mol. The molecule has 6 nitrogen and oxygen atoms in total. The van der Waals surface area contributed by atoms with Crippen LogP contribution in [0.4, 0.5) is 0 Å². The maximum atomic E-state index is 12.5. The molecule has 1 atom stereocenters. The minimum absolute atomic E-state index is 0.0265. The van der Waals surface area contributed by atoms with Crippen molar-refractivity contribution in [3.63, 3.8) is 0 Å². The topological polar surface area (TPSA) is 89.2 Å². The van der Waals surface area contributed by atoms with Crippen LogP contribution in [0.1, 0.15) is 44.6 Å². The Morgan fingerprint density at radius 2 is 2.00 bits per heavy atom. The van der Waals surface area contributed by atoms with E-state index in [-0.39, 0.29) is 11.8 Å². The molecule has 2 aromatic rings. The van der Waals surface area contributed by atoms with Crippen molar-refractivity contribution in [2.75, 3.05) is 13.1 Å². The van der Waals surface area contributed by atoms with Crippen LogP contribution in [0, 0.1) is 6.92 Å². The van der Waals surface area contributed by atoms with Crippen molar-refractivity contribution >= 4 is 11.8 Å². The zero-order valence-corrected chi connectivity index (χ0v) is 12.9. The molecule has 2 N–H and O–H groups in total. The van der Waals surface area contributed by atoms with E-state index in [1.807, 2.05) is 35.2 Å². The quantitative estimate of drug-likeness (QED) is 0.930. The fourth-order valence-corrected chi connectivity index (χ4v) is 2.84. The first kappa shape index (κ1) is 15.1. The van der Waals surface area contributed by atoms with E-state index in [0.29, 0.717) is 35.7 Å². The van der Waals surface area contributed by atoms with Crippen molar-refractivity contribution in [3.8, 4) is 0 Å². The minimum Gasteiger partial charge on any atom is -0.365 e. The predicted molar refractivity (Wildman–Crippen MR) is 85.0 cm³/mol. The zero-order chi connectivity index (χ0) is 16.4. The third-order valence-electron chi connectivity index (χ3n) is 4.12. The van der Waals surface area contributed by atoms with Crippen molar-refractivity contribution in [3.05, 3.63) is 59.2 Å². The molecule has 23 heavy (non-hydrogen) atoms. The number of hydrogen-bond acceptors (Lipinski definition) is 4. The van der Waals surface area contributed by atoms with E-state index in [0.717, 1.165) is 6.42 Å². The summed E-state index contributed by atoms with van der Waals surface area (Å²) in [6, 6.07) is 9.24. The fraction of sp³-hybridized carbons (Fsp3) is 0.294. The van der Waals surface area contributed by atoms with Gasteiger partial charge in [-0.2, -0.15) is 0 Å². The van der Waals surface area contributed by atoms with Gasteiger partial charge in [0.25, 0.3) is 11.8 Å². The van der Waals surface area contributed by atoms with Crippen molar-refractivity contribution in [2.24, 2.45) is 5.73 Å². The summed E-state index contributed by atoms with van der Waals surface area (Å²) >= 11 is 0. The van der Waals surface area contributed by atoms with Gasteiger partial charge >= 0.3 is 0 Å². The lowest BCUT2D eigenvalue weighted by Crippen LogP contribution is -2.28. The summed E-state index contributed by atoms with van der Waals surface area (Å²) in [5.41, 5.74) is 6.88. The Kier molecular flexibility index (Phi) is 4.06. The number of nitrogens with two attached hydrogens (primary N) is 1. The molecule has 0 bridgehead atoms. The van der Waals surface area contributed by atoms with Crippen LogP contribution in [0.15, 0.2) is 36.5 Å². The average Bonchev–Trinajstić information content (AvgIpc) is 3.04. The molecule has 0 spiro atoms. The van der Waals surface area contributed by atoms with Gasteiger partial charge in [-0.1, -0.05) is 18.2 Å². The molecule has 0 aliphatic carbocycles. The van der Waals surface area contributed by atoms with Crippen LogP contribution in [-0.2, 0) is 0 Å². The Hall–Kier alpha value is -2.76. The number of likely N-dealkylation sites (tertiary alicyclic amines) is 1. The molecule has 0 radical (unpaired) electrons. The van der Waals surface area contributed by atoms with Crippen LogP contribution < -0.4 is 5.73 Å². The standard InChI is InChI=1S/C17H18N4O2/c1-11-14(15(18)22)9-19-16(20-11)13-7-8-21(10-13)17(23)12-5-3-2-4-6-12/h2-6,9,13H,7-8,10H2,1H3,(H2,18,22)/t13-/m1/s1. The monoisotopic (exact) mass is 310 g/mol. The SMILES string of the molecule is Cc1nc([C@@H]2CCN(C(=O)c3ccccc3)C2)ncc1C(N)=O. The van der Waals surface area contributed by atoms with Crippen LogP contribution in [0.25, 0.3) is 0 Å². The van der Waals surface area contributed by atoms with Gasteiger partial charge in [-0.25, -0.2) is 9.97 Å². The first-order valence-corrected chi connectivity index (χ1v) is 7.54. The number of primary amides is 1. The van der Waals surface area contributed by atoms with E-state index in [1.165, 1.54) is 6.20 Å². The van der Waals surface area contributed by atoms with E-state index >= 15 is 0 Å². The van der Waals surface area contributed by atoms with E-state index in [9.17, 15) is 9.59 Å². The first-order chi connectivity index (χ1) is 11.1. The Morgan fingerprint density at radius 1 is 1.26 bits per heavy atom. The minimum atomic E-state index is -0.527. The molecule has 0 saturated carbocycles. The molecule has 1 aliphatic heterocycles. The van der Waals surface area contributed by atoms with Gasteiger partial charge in [0.05, 0.1) is 11.3 Å². The van der Waals surface area contributed by atoms with Crippen LogP contribution in [0.2, 0.25) is 0 Å².